The molecule has 0 radical (unpaired) electrons. The second-order valence-electron chi connectivity index (χ2n) is 5.85. The van der Waals surface area contributed by atoms with Crippen LogP contribution < -0.4 is 5.19 Å². The summed E-state index contributed by atoms with van der Waals surface area (Å²) in [5, 5.41) is 1.35. The lowest BCUT2D eigenvalue weighted by molar-refractivity contribution is 0.221. The molecule has 2 aromatic carbocycles. The summed E-state index contributed by atoms with van der Waals surface area (Å²) in [7, 11) is -1.81. The van der Waals surface area contributed by atoms with Crippen molar-refractivity contribution in [2.75, 3.05) is 0 Å². The highest BCUT2D eigenvalue weighted by Gasteiger charge is 2.26. The summed E-state index contributed by atoms with van der Waals surface area (Å²) in [6, 6.07) is 21.0. The lowest BCUT2D eigenvalue weighted by atomic mass is 10.2. The van der Waals surface area contributed by atoms with Crippen LogP contribution in [0.5, 0.6) is 0 Å². The second-order valence-corrected chi connectivity index (χ2v) is 9.69. The van der Waals surface area contributed by atoms with E-state index in [1.807, 2.05) is 6.07 Å². The zero-order chi connectivity index (χ0) is 15.1. The third kappa shape index (κ3) is 4.99. The van der Waals surface area contributed by atoms with Gasteiger partial charge in [0.25, 0.3) is 0 Å². The Morgan fingerprint density at radius 2 is 1.52 bits per heavy atom. The summed E-state index contributed by atoms with van der Waals surface area (Å²) < 4.78 is 6.35. The maximum absolute atomic E-state index is 6.35. The molecule has 0 aliphatic carbocycles. The number of hydrogen-bond acceptors (Lipinski definition) is 1. The molecule has 110 valence electrons. The highest BCUT2D eigenvalue weighted by molar-refractivity contribution is 6.84. The molecule has 0 aromatic heterocycles. The van der Waals surface area contributed by atoms with Gasteiger partial charge in [0, 0.05) is 6.10 Å². The average molecular weight is 296 g/mol. The van der Waals surface area contributed by atoms with E-state index in [2.05, 4.69) is 86.8 Å². The molecule has 0 amide bonds. The van der Waals surface area contributed by atoms with Crippen LogP contribution >= 0.6 is 0 Å². The van der Waals surface area contributed by atoms with Crippen LogP contribution in [0.1, 0.15) is 18.9 Å². The molecule has 0 aliphatic rings. The van der Waals surface area contributed by atoms with Crippen molar-refractivity contribution < 1.29 is 4.43 Å². The molecule has 2 heteroatoms. The second kappa shape index (κ2) is 7.39. The molecule has 2 rings (SSSR count). The van der Waals surface area contributed by atoms with Gasteiger partial charge >= 0.3 is 0 Å². The van der Waals surface area contributed by atoms with Gasteiger partial charge in [-0.3, -0.25) is 0 Å². The predicted octanol–water partition coefficient (Wildman–Crippen LogP) is 4.61. The smallest absolute Gasteiger partial charge is 0.218 e. The van der Waals surface area contributed by atoms with Crippen molar-refractivity contribution in [3.63, 3.8) is 0 Å². The Kier molecular flexibility index (Phi) is 5.54. The maximum Gasteiger partial charge on any atom is 0.218 e. The minimum Gasteiger partial charge on any atom is -0.410 e. The van der Waals surface area contributed by atoms with Crippen LogP contribution in [0.15, 0.2) is 66.7 Å². The first-order valence-corrected chi connectivity index (χ1v) is 10.4. The van der Waals surface area contributed by atoms with Crippen molar-refractivity contribution in [1.29, 1.82) is 0 Å². The van der Waals surface area contributed by atoms with Crippen LogP contribution in [0.4, 0.5) is 0 Å². The van der Waals surface area contributed by atoms with Crippen LogP contribution in [-0.2, 0) is 4.43 Å². The number of benzene rings is 2. The fourth-order valence-corrected chi connectivity index (χ4v) is 4.65. The average Bonchev–Trinajstić information content (AvgIpc) is 2.49. The SMILES string of the molecule is CC(C/C=C\c1ccccc1)O[Si](C)(C)c1ccccc1. The van der Waals surface area contributed by atoms with Gasteiger partial charge in [0.15, 0.2) is 0 Å². The van der Waals surface area contributed by atoms with E-state index in [-0.39, 0.29) is 6.10 Å². The highest BCUT2D eigenvalue weighted by Crippen LogP contribution is 2.12. The summed E-state index contributed by atoms with van der Waals surface area (Å²) in [4.78, 5) is 0. The van der Waals surface area contributed by atoms with Crippen molar-refractivity contribution in [1.82, 2.24) is 0 Å². The van der Waals surface area contributed by atoms with Crippen molar-refractivity contribution in [3.05, 3.63) is 72.3 Å². The van der Waals surface area contributed by atoms with E-state index in [9.17, 15) is 0 Å². The number of hydrogen-bond donors (Lipinski definition) is 0. The minimum absolute atomic E-state index is 0.242. The topological polar surface area (TPSA) is 9.23 Å². The van der Waals surface area contributed by atoms with Gasteiger partial charge in [-0.2, -0.15) is 0 Å². The van der Waals surface area contributed by atoms with Gasteiger partial charge < -0.3 is 4.43 Å². The van der Waals surface area contributed by atoms with Gasteiger partial charge in [0.1, 0.15) is 0 Å². The van der Waals surface area contributed by atoms with Crippen molar-refractivity contribution in [2.24, 2.45) is 0 Å². The van der Waals surface area contributed by atoms with Crippen LogP contribution in [0.2, 0.25) is 13.1 Å². The summed E-state index contributed by atoms with van der Waals surface area (Å²) in [5.74, 6) is 0. The first-order valence-electron chi connectivity index (χ1n) is 7.53. The van der Waals surface area contributed by atoms with E-state index in [0.29, 0.717) is 0 Å². The van der Waals surface area contributed by atoms with Crippen LogP contribution in [0.3, 0.4) is 0 Å². The van der Waals surface area contributed by atoms with E-state index in [0.717, 1.165) is 6.42 Å². The Labute approximate surface area is 129 Å². The molecule has 21 heavy (non-hydrogen) atoms. The van der Waals surface area contributed by atoms with E-state index in [4.69, 9.17) is 4.43 Å². The van der Waals surface area contributed by atoms with Crippen molar-refractivity contribution in [3.8, 4) is 0 Å². The molecule has 0 spiro atoms. The fraction of sp³-hybridized carbons (Fsp3) is 0.263. The van der Waals surface area contributed by atoms with E-state index >= 15 is 0 Å². The van der Waals surface area contributed by atoms with Crippen molar-refractivity contribution >= 4 is 19.6 Å². The third-order valence-electron chi connectivity index (χ3n) is 3.54. The Balaban J connectivity index is 1.90. The summed E-state index contributed by atoms with van der Waals surface area (Å²) >= 11 is 0. The maximum atomic E-state index is 6.35. The summed E-state index contributed by atoms with van der Waals surface area (Å²) in [5.41, 5.74) is 1.24. The van der Waals surface area contributed by atoms with Gasteiger partial charge in [0.2, 0.25) is 8.32 Å². The zero-order valence-electron chi connectivity index (χ0n) is 13.1. The lowest BCUT2D eigenvalue weighted by Gasteiger charge is -2.27. The third-order valence-corrected chi connectivity index (χ3v) is 6.26. The Hall–Kier alpha value is -1.64. The summed E-state index contributed by atoms with van der Waals surface area (Å²) in [6.07, 6.45) is 5.55. The normalized spacial score (nSPS) is 13.5. The molecular formula is C19H24OSi. The predicted molar refractivity (Wildman–Crippen MR) is 94.2 cm³/mol. The van der Waals surface area contributed by atoms with Crippen LogP contribution in [0, 0.1) is 0 Å². The number of rotatable bonds is 6. The van der Waals surface area contributed by atoms with Gasteiger partial charge in [-0.15, -0.1) is 0 Å². The first kappa shape index (κ1) is 15.7. The van der Waals surface area contributed by atoms with E-state index < -0.39 is 8.32 Å². The lowest BCUT2D eigenvalue weighted by Crippen LogP contribution is -2.46. The molecule has 0 saturated heterocycles. The molecule has 1 atom stereocenters. The summed E-state index contributed by atoms with van der Waals surface area (Å²) in [6.45, 7) is 6.69. The van der Waals surface area contributed by atoms with Crippen LogP contribution in [-0.4, -0.2) is 14.4 Å². The highest BCUT2D eigenvalue weighted by atomic mass is 28.4. The van der Waals surface area contributed by atoms with Gasteiger partial charge in [-0.1, -0.05) is 72.8 Å². The molecular weight excluding hydrogens is 272 g/mol. The van der Waals surface area contributed by atoms with Gasteiger partial charge in [0.05, 0.1) is 0 Å². The fourth-order valence-electron chi connectivity index (χ4n) is 2.42. The molecule has 0 aliphatic heterocycles. The molecule has 0 bridgehead atoms. The largest absolute Gasteiger partial charge is 0.410 e. The molecule has 2 aromatic rings. The molecule has 0 fully saturated rings. The monoisotopic (exact) mass is 296 g/mol. The van der Waals surface area contributed by atoms with Gasteiger partial charge in [-0.25, -0.2) is 0 Å². The standard InChI is InChI=1S/C19H24OSi/c1-17(11-10-14-18-12-6-4-7-13-18)20-21(2,3)19-15-8-5-9-16-19/h4-10,12-17H,11H2,1-3H3/b14-10-. The molecule has 0 N–H and O–H groups in total. The Morgan fingerprint density at radius 3 is 2.14 bits per heavy atom. The van der Waals surface area contributed by atoms with E-state index in [1.54, 1.807) is 0 Å². The molecule has 0 heterocycles. The quantitative estimate of drug-likeness (QED) is 0.707. The molecule has 1 unspecified atom stereocenters. The molecule has 0 saturated carbocycles. The Bertz CT molecular complexity index is 561. The minimum atomic E-state index is -1.81. The first-order chi connectivity index (χ1) is 10.1. The van der Waals surface area contributed by atoms with Gasteiger partial charge in [-0.05, 0) is 37.2 Å². The zero-order valence-corrected chi connectivity index (χ0v) is 14.1. The van der Waals surface area contributed by atoms with Crippen LogP contribution in [0.25, 0.3) is 6.08 Å². The molecule has 1 nitrogen and oxygen atoms in total. The Morgan fingerprint density at radius 1 is 0.952 bits per heavy atom. The van der Waals surface area contributed by atoms with E-state index in [1.165, 1.54) is 10.8 Å². The van der Waals surface area contributed by atoms with Crippen molar-refractivity contribution in [2.45, 2.75) is 32.5 Å².